The molecule has 1 aromatic carbocycles. The molecule has 0 unspecified atom stereocenters. The van der Waals surface area contributed by atoms with Crippen molar-refractivity contribution in [3.8, 4) is 22.4 Å². The lowest BCUT2D eigenvalue weighted by Gasteiger charge is -2.25. The molecule has 36 heavy (non-hydrogen) atoms. The van der Waals surface area contributed by atoms with Crippen LogP contribution in [0.25, 0.3) is 28.0 Å². The number of pyridine rings is 1. The number of aromatic nitrogens is 4. The molecule has 1 fully saturated rings. The van der Waals surface area contributed by atoms with Gasteiger partial charge in [-0.05, 0) is 38.7 Å². The van der Waals surface area contributed by atoms with E-state index >= 15 is 0 Å². The summed E-state index contributed by atoms with van der Waals surface area (Å²) in [6, 6.07) is 13.9. The summed E-state index contributed by atoms with van der Waals surface area (Å²) in [6.07, 6.45) is 3.14. The molecule has 0 aliphatic heterocycles. The minimum atomic E-state index is -1.83. The number of hydrogen-bond acceptors (Lipinski definition) is 6. The first-order valence-electron chi connectivity index (χ1n) is 11.5. The van der Waals surface area contributed by atoms with Gasteiger partial charge in [0.25, 0.3) is 0 Å². The van der Waals surface area contributed by atoms with Crippen molar-refractivity contribution in [1.82, 2.24) is 19.6 Å². The van der Waals surface area contributed by atoms with E-state index in [1.54, 1.807) is 12.4 Å². The maximum absolute atomic E-state index is 13.7. The van der Waals surface area contributed by atoms with Gasteiger partial charge >= 0.3 is 6.16 Å². The molecule has 4 N–H and O–H groups in total. The van der Waals surface area contributed by atoms with E-state index in [2.05, 4.69) is 10.1 Å². The van der Waals surface area contributed by atoms with Crippen LogP contribution in [0.2, 0.25) is 0 Å². The zero-order valence-corrected chi connectivity index (χ0v) is 19.6. The molecule has 10 heteroatoms. The molecular formula is C26H26FN5O4. The first kappa shape index (κ1) is 24.8. The van der Waals surface area contributed by atoms with E-state index in [0.717, 1.165) is 22.4 Å². The van der Waals surface area contributed by atoms with Crippen LogP contribution in [0.5, 0.6) is 0 Å². The van der Waals surface area contributed by atoms with Crippen LogP contribution in [0, 0.1) is 0 Å². The molecular weight excluding hydrogens is 465 g/mol. The monoisotopic (exact) mass is 491 g/mol. The first-order chi connectivity index (χ1) is 17.3. The van der Waals surface area contributed by atoms with E-state index in [-0.39, 0.29) is 17.5 Å². The third-order valence-corrected chi connectivity index (χ3v) is 6.25. The Morgan fingerprint density at radius 2 is 1.67 bits per heavy atom. The smallest absolute Gasteiger partial charge is 0.450 e. The Morgan fingerprint density at radius 3 is 2.25 bits per heavy atom. The van der Waals surface area contributed by atoms with Crippen LogP contribution in [-0.2, 0) is 0 Å². The van der Waals surface area contributed by atoms with Crippen molar-refractivity contribution in [1.29, 1.82) is 0 Å². The van der Waals surface area contributed by atoms with Gasteiger partial charge in [0.1, 0.15) is 12.0 Å². The normalized spacial score (nSPS) is 17.3. The molecule has 9 nitrogen and oxygen atoms in total. The number of hydrogen-bond donors (Lipinski definition) is 3. The number of alkyl halides is 1. The number of halogens is 1. The number of nitrogens with zero attached hydrogens (tertiary/aromatic N) is 4. The molecule has 0 bridgehead atoms. The van der Waals surface area contributed by atoms with Crippen LogP contribution in [0.1, 0.15) is 54.6 Å². The zero-order valence-electron chi connectivity index (χ0n) is 19.6. The molecule has 1 aliphatic carbocycles. The Morgan fingerprint density at radius 1 is 1.00 bits per heavy atom. The lowest BCUT2D eigenvalue weighted by Crippen LogP contribution is -2.20. The number of rotatable bonds is 4. The molecule has 186 valence electrons. The summed E-state index contributed by atoms with van der Waals surface area (Å²) in [6.45, 7) is 1.49. The van der Waals surface area contributed by atoms with Crippen molar-refractivity contribution in [3.63, 3.8) is 0 Å². The number of carboxylic acid groups (broad SMARTS) is 2. The summed E-state index contributed by atoms with van der Waals surface area (Å²) >= 11 is 0. The van der Waals surface area contributed by atoms with Gasteiger partial charge in [-0.25, -0.2) is 14.2 Å². The molecule has 5 rings (SSSR count). The van der Waals surface area contributed by atoms with Crippen LogP contribution < -0.4 is 5.73 Å². The third kappa shape index (κ3) is 5.17. The number of nitrogen functional groups attached to an aromatic ring is 1. The number of Topliss-reactive ketones (excluding diaryl/α,β-unsaturated/α-hetero) is 1. The van der Waals surface area contributed by atoms with Crippen LogP contribution in [0.15, 0.2) is 54.9 Å². The van der Waals surface area contributed by atoms with Crippen molar-refractivity contribution >= 4 is 23.4 Å². The highest BCUT2D eigenvalue weighted by Crippen LogP contribution is 2.38. The molecule has 4 aromatic rings. The van der Waals surface area contributed by atoms with Crippen LogP contribution in [-0.4, -0.2) is 47.9 Å². The van der Waals surface area contributed by atoms with Crippen LogP contribution >= 0.6 is 0 Å². The quantitative estimate of drug-likeness (QED) is 0.319. The van der Waals surface area contributed by atoms with Gasteiger partial charge < -0.3 is 15.9 Å². The summed E-state index contributed by atoms with van der Waals surface area (Å²) in [5.74, 6) is 0.134. The Kier molecular flexibility index (Phi) is 7.23. The second kappa shape index (κ2) is 10.5. The molecule has 3 heterocycles. The topological polar surface area (TPSA) is 144 Å². The molecule has 0 spiro atoms. The SMILES string of the molecule is CC(=O)c1c(C2CCC(F)CC2)nc2c(-c3ccc(-c4ccccc4)nc3)cnn2c1N.O=C(O)O. The summed E-state index contributed by atoms with van der Waals surface area (Å²) in [4.78, 5) is 30.5. The fourth-order valence-electron chi connectivity index (χ4n) is 4.55. The average Bonchev–Trinajstić information content (AvgIpc) is 3.29. The van der Waals surface area contributed by atoms with E-state index in [9.17, 15) is 9.18 Å². The molecule has 0 atom stereocenters. The van der Waals surface area contributed by atoms with E-state index in [0.29, 0.717) is 42.6 Å². The Hall–Kier alpha value is -4.34. The summed E-state index contributed by atoms with van der Waals surface area (Å²) in [5.41, 5.74) is 11.6. The largest absolute Gasteiger partial charge is 0.503 e. The standard InChI is InChI=1S/C25H24FN5O.CH2O3/c1-15(32)22-23(17-7-10-19(26)11-8-17)30-25-20(14-29-31(25)24(22)27)18-9-12-21(28-13-18)16-5-3-2-4-6-16;2-1(3)4/h2-6,9,12-14,17,19H,7-8,10-11,27H2,1H3;(H2,2,3,4). The predicted molar refractivity (Wildman–Crippen MR) is 133 cm³/mol. The number of carbonyl (C=O) groups excluding carboxylic acids is 1. The fourth-order valence-corrected chi connectivity index (χ4v) is 4.55. The maximum atomic E-state index is 13.7. The minimum Gasteiger partial charge on any atom is -0.450 e. The fraction of sp³-hybridized carbons (Fsp3) is 0.269. The molecule has 1 saturated carbocycles. The van der Waals surface area contributed by atoms with Gasteiger partial charge in [-0.15, -0.1) is 0 Å². The first-order valence-corrected chi connectivity index (χ1v) is 11.5. The van der Waals surface area contributed by atoms with Crippen molar-refractivity contribution in [2.24, 2.45) is 0 Å². The number of carbonyl (C=O) groups is 2. The molecule has 0 radical (unpaired) electrons. The number of benzene rings is 1. The maximum Gasteiger partial charge on any atom is 0.503 e. The Labute approximate surface area is 206 Å². The van der Waals surface area contributed by atoms with E-state index < -0.39 is 12.3 Å². The highest BCUT2D eigenvalue weighted by molar-refractivity contribution is 6.00. The summed E-state index contributed by atoms with van der Waals surface area (Å²) < 4.78 is 15.2. The van der Waals surface area contributed by atoms with Gasteiger partial charge in [-0.2, -0.15) is 9.61 Å². The second-order valence-corrected chi connectivity index (χ2v) is 8.64. The number of nitrogens with two attached hydrogens (primary N) is 1. The van der Waals surface area contributed by atoms with Crippen molar-refractivity contribution in [2.45, 2.75) is 44.7 Å². The second-order valence-electron chi connectivity index (χ2n) is 8.64. The van der Waals surface area contributed by atoms with E-state index in [4.69, 9.17) is 25.7 Å². The van der Waals surface area contributed by atoms with E-state index in [1.165, 1.54) is 11.4 Å². The van der Waals surface area contributed by atoms with Crippen LogP contribution in [0.3, 0.4) is 0 Å². The molecule has 0 amide bonds. The van der Waals surface area contributed by atoms with Crippen molar-refractivity contribution in [3.05, 3.63) is 66.1 Å². The number of fused-ring (bicyclic) bond motifs is 1. The van der Waals surface area contributed by atoms with Crippen LogP contribution in [0.4, 0.5) is 15.0 Å². The third-order valence-electron chi connectivity index (χ3n) is 6.25. The van der Waals surface area contributed by atoms with Gasteiger partial charge in [0.15, 0.2) is 11.4 Å². The van der Waals surface area contributed by atoms with Gasteiger partial charge in [0.2, 0.25) is 0 Å². The molecule has 1 aliphatic rings. The van der Waals surface area contributed by atoms with Gasteiger partial charge in [0.05, 0.1) is 23.1 Å². The average molecular weight is 492 g/mol. The lowest BCUT2D eigenvalue weighted by molar-refractivity contribution is 0.101. The zero-order chi connectivity index (χ0) is 25.8. The van der Waals surface area contributed by atoms with Crippen molar-refractivity contribution in [2.75, 3.05) is 5.73 Å². The van der Waals surface area contributed by atoms with E-state index in [1.807, 2.05) is 42.5 Å². The highest BCUT2D eigenvalue weighted by Gasteiger charge is 2.29. The van der Waals surface area contributed by atoms with Gasteiger partial charge in [-0.1, -0.05) is 36.4 Å². The summed E-state index contributed by atoms with van der Waals surface area (Å²) in [5, 5.41) is 18.4. The lowest BCUT2D eigenvalue weighted by atomic mass is 9.83. The molecule has 0 saturated heterocycles. The Bertz CT molecular complexity index is 1380. The van der Waals surface area contributed by atoms with Gasteiger partial charge in [0, 0.05) is 28.8 Å². The summed E-state index contributed by atoms with van der Waals surface area (Å²) in [7, 11) is 0. The van der Waals surface area contributed by atoms with Gasteiger partial charge in [-0.3, -0.25) is 9.78 Å². The predicted octanol–water partition coefficient (Wildman–Crippen LogP) is 5.46. The number of ketones is 1. The molecule has 3 aromatic heterocycles. The highest BCUT2D eigenvalue weighted by atomic mass is 19.1. The minimum absolute atomic E-state index is 0.00883. The Balaban J connectivity index is 0.000000709. The van der Waals surface area contributed by atoms with Crippen molar-refractivity contribution < 1.29 is 24.2 Å². The number of anilines is 1.